The van der Waals surface area contributed by atoms with Gasteiger partial charge in [0.2, 0.25) is 10.0 Å². The molecule has 2 aliphatic carbocycles. The van der Waals surface area contributed by atoms with Gasteiger partial charge < -0.3 is 9.47 Å². The van der Waals surface area contributed by atoms with E-state index < -0.39 is 10.0 Å². The number of sulfonamides is 1. The Balaban J connectivity index is 1.84. The zero-order valence-electron chi connectivity index (χ0n) is 17.3. The molecule has 0 heterocycles. The first-order chi connectivity index (χ1) is 13.9. The van der Waals surface area contributed by atoms with Crippen molar-refractivity contribution in [2.24, 2.45) is 5.92 Å². The van der Waals surface area contributed by atoms with Crippen LogP contribution in [0, 0.1) is 12.8 Å². The maximum atomic E-state index is 13.4. The van der Waals surface area contributed by atoms with Gasteiger partial charge in [0.1, 0.15) is 0 Å². The summed E-state index contributed by atoms with van der Waals surface area (Å²) in [5.41, 5.74) is 4.32. The Kier molecular flexibility index (Phi) is 5.17. The molecular weight excluding hydrogens is 386 g/mol. The minimum atomic E-state index is -3.63. The summed E-state index contributed by atoms with van der Waals surface area (Å²) < 4.78 is 39.4. The van der Waals surface area contributed by atoms with Gasteiger partial charge in [0.25, 0.3) is 0 Å². The second-order valence-corrected chi connectivity index (χ2v) is 9.77. The zero-order valence-corrected chi connectivity index (χ0v) is 18.1. The van der Waals surface area contributed by atoms with Crippen LogP contribution < -0.4 is 9.47 Å². The van der Waals surface area contributed by atoms with E-state index in [4.69, 9.17) is 9.47 Å². The summed E-state index contributed by atoms with van der Waals surface area (Å²) in [6.45, 7) is 1.95. The van der Waals surface area contributed by atoms with Crippen LogP contribution in [0.1, 0.15) is 42.0 Å². The topological polar surface area (TPSA) is 55.8 Å². The minimum absolute atomic E-state index is 0.140. The highest BCUT2D eigenvalue weighted by Gasteiger charge is 2.44. The minimum Gasteiger partial charge on any atom is -0.493 e. The van der Waals surface area contributed by atoms with Crippen molar-refractivity contribution in [3.63, 3.8) is 0 Å². The Hall–Kier alpha value is -2.31. The summed E-state index contributed by atoms with van der Waals surface area (Å²) in [5.74, 6) is 1.43. The highest BCUT2D eigenvalue weighted by Crippen LogP contribution is 2.54. The predicted octanol–water partition coefficient (Wildman–Crippen LogP) is 4.57. The predicted molar refractivity (Wildman–Crippen MR) is 114 cm³/mol. The number of methoxy groups -OCH3 is 2. The number of benzene rings is 2. The average Bonchev–Trinajstić information content (AvgIpc) is 3.05. The Morgan fingerprint density at radius 1 is 1.03 bits per heavy atom. The van der Waals surface area contributed by atoms with Crippen LogP contribution in [-0.4, -0.2) is 34.0 Å². The van der Waals surface area contributed by atoms with Crippen LogP contribution in [0.2, 0.25) is 0 Å². The van der Waals surface area contributed by atoms with Gasteiger partial charge in [-0.1, -0.05) is 23.8 Å². The molecule has 0 N–H and O–H groups in total. The van der Waals surface area contributed by atoms with Gasteiger partial charge in [0.05, 0.1) is 25.2 Å². The molecular formula is C23H27NO4S. The van der Waals surface area contributed by atoms with Crippen LogP contribution in [-0.2, 0) is 10.0 Å². The van der Waals surface area contributed by atoms with Gasteiger partial charge in [0.15, 0.2) is 11.5 Å². The number of ether oxygens (including phenoxy) is 2. The fraction of sp³-hybridized carbons (Fsp3) is 0.391. The van der Waals surface area contributed by atoms with Crippen molar-refractivity contribution in [3.8, 4) is 11.5 Å². The lowest BCUT2D eigenvalue weighted by molar-refractivity contribution is 0.305. The molecule has 29 heavy (non-hydrogen) atoms. The fourth-order valence-corrected chi connectivity index (χ4v) is 5.99. The number of nitrogens with zero attached hydrogens (tertiary/aromatic N) is 1. The van der Waals surface area contributed by atoms with E-state index in [2.05, 4.69) is 6.08 Å². The number of hydrogen-bond donors (Lipinski definition) is 0. The molecule has 0 saturated carbocycles. The normalized spacial score (nSPS) is 20.8. The van der Waals surface area contributed by atoms with Gasteiger partial charge in [-0.2, -0.15) is 4.31 Å². The molecule has 0 spiro atoms. The molecule has 0 saturated heterocycles. The molecule has 2 atom stereocenters. The van der Waals surface area contributed by atoms with Gasteiger partial charge >= 0.3 is 0 Å². The molecule has 154 valence electrons. The van der Waals surface area contributed by atoms with Crippen molar-refractivity contribution in [3.05, 3.63) is 59.2 Å². The summed E-state index contributed by atoms with van der Waals surface area (Å²) in [6, 6.07) is 10.7. The van der Waals surface area contributed by atoms with Crippen molar-refractivity contribution in [1.29, 1.82) is 0 Å². The number of aryl methyl sites for hydroxylation is 1. The van der Waals surface area contributed by atoms with Gasteiger partial charge in [-0.25, -0.2) is 8.42 Å². The van der Waals surface area contributed by atoms with E-state index in [0.717, 1.165) is 36.0 Å². The smallest absolute Gasteiger partial charge is 0.243 e. The summed E-state index contributed by atoms with van der Waals surface area (Å²) in [6.07, 6.45) is 5.29. The van der Waals surface area contributed by atoms with Crippen molar-refractivity contribution >= 4 is 15.6 Å². The maximum absolute atomic E-state index is 13.4. The highest BCUT2D eigenvalue weighted by molar-refractivity contribution is 7.89. The fourth-order valence-electron chi connectivity index (χ4n) is 4.62. The van der Waals surface area contributed by atoms with Crippen molar-refractivity contribution in [2.75, 3.05) is 21.3 Å². The number of fused-ring (bicyclic) bond motifs is 3. The molecule has 0 fully saturated rings. The highest BCUT2D eigenvalue weighted by atomic mass is 32.2. The molecule has 4 rings (SSSR count). The van der Waals surface area contributed by atoms with E-state index in [1.165, 1.54) is 5.57 Å². The summed E-state index contributed by atoms with van der Waals surface area (Å²) >= 11 is 0. The van der Waals surface area contributed by atoms with Crippen molar-refractivity contribution in [1.82, 2.24) is 4.31 Å². The molecule has 0 bridgehead atoms. The van der Waals surface area contributed by atoms with Crippen molar-refractivity contribution in [2.45, 2.75) is 37.1 Å². The van der Waals surface area contributed by atoms with Crippen LogP contribution in [0.4, 0.5) is 0 Å². The van der Waals surface area contributed by atoms with Crippen LogP contribution in [0.5, 0.6) is 11.5 Å². The molecule has 0 radical (unpaired) electrons. The van der Waals surface area contributed by atoms with E-state index in [1.807, 2.05) is 31.2 Å². The molecule has 6 heteroatoms. The lowest BCUT2D eigenvalue weighted by atomic mass is 9.86. The third-order valence-electron chi connectivity index (χ3n) is 6.14. The summed E-state index contributed by atoms with van der Waals surface area (Å²) in [7, 11) is 1.29. The third-order valence-corrected chi connectivity index (χ3v) is 7.99. The van der Waals surface area contributed by atoms with Crippen LogP contribution in [0.25, 0.3) is 5.57 Å². The monoisotopic (exact) mass is 413 g/mol. The Bertz CT molecular complexity index is 1060. The number of rotatable bonds is 5. The van der Waals surface area contributed by atoms with E-state index in [0.29, 0.717) is 16.4 Å². The van der Waals surface area contributed by atoms with Gasteiger partial charge in [-0.05, 0) is 67.2 Å². The standard InChI is InChI=1S/C23H27NO4S/c1-15-9-11-16(12-10-15)29(25,26)24(2)23-18-8-6-5-7-17(18)19-13-21(27-3)22(28-4)14-20(19)23/h7,9-14,18,23H,5-6,8H2,1-4H3/t18-,23+/m0/s1. The first-order valence-electron chi connectivity index (χ1n) is 9.89. The first kappa shape index (κ1) is 20.0. The number of hydrogen-bond acceptors (Lipinski definition) is 4. The number of allylic oxidation sites excluding steroid dienone is 1. The van der Waals surface area contributed by atoms with Crippen LogP contribution in [0.15, 0.2) is 47.4 Å². The van der Waals surface area contributed by atoms with E-state index >= 15 is 0 Å². The maximum Gasteiger partial charge on any atom is 0.243 e. The molecule has 2 aromatic carbocycles. The van der Waals surface area contributed by atoms with E-state index in [-0.39, 0.29) is 12.0 Å². The van der Waals surface area contributed by atoms with Crippen LogP contribution >= 0.6 is 0 Å². The average molecular weight is 414 g/mol. The largest absolute Gasteiger partial charge is 0.493 e. The third kappa shape index (κ3) is 3.24. The summed E-state index contributed by atoms with van der Waals surface area (Å²) in [4.78, 5) is 0.320. The lowest BCUT2D eigenvalue weighted by Crippen LogP contribution is -2.34. The molecule has 0 amide bonds. The molecule has 5 nitrogen and oxygen atoms in total. The first-order valence-corrected chi connectivity index (χ1v) is 11.3. The molecule has 2 aromatic rings. The van der Waals surface area contributed by atoms with E-state index in [9.17, 15) is 8.42 Å². The Morgan fingerprint density at radius 3 is 2.34 bits per heavy atom. The van der Waals surface area contributed by atoms with E-state index in [1.54, 1.807) is 37.7 Å². The van der Waals surface area contributed by atoms with Crippen LogP contribution in [0.3, 0.4) is 0 Å². The zero-order chi connectivity index (χ0) is 20.8. The Morgan fingerprint density at radius 2 is 1.69 bits per heavy atom. The quantitative estimate of drug-likeness (QED) is 0.720. The lowest BCUT2D eigenvalue weighted by Gasteiger charge is -2.31. The van der Waals surface area contributed by atoms with Gasteiger partial charge in [0, 0.05) is 13.0 Å². The van der Waals surface area contributed by atoms with Crippen molar-refractivity contribution < 1.29 is 17.9 Å². The summed E-state index contributed by atoms with van der Waals surface area (Å²) in [5, 5.41) is 0. The SMILES string of the molecule is COc1cc2c(cc1OC)[C@H](N(C)S(=O)(=O)c1ccc(C)cc1)[C@H]1CCCC=C21. The van der Waals surface area contributed by atoms with Gasteiger partial charge in [-0.3, -0.25) is 0 Å². The van der Waals surface area contributed by atoms with Gasteiger partial charge in [-0.15, -0.1) is 0 Å². The second kappa shape index (κ2) is 7.50. The second-order valence-electron chi connectivity index (χ2n) is 7.77. The molecule has 0 aromatic heterocycles. The molecule has 2 aliphatic rings. The Labute approximate surface area is 173 Å². The molecule has 0 unspecified atom stereocenters. The molecule has 0 aliphatic heterocycles.